The van der Waals surface area contributed by atoms with Gasteiger partial charge in [0, 0.05) is 10.6 Å². The number of nitro groups is 1. The number of benzene rings is 2. The zero-order valence-corrected chi connectivity index (χ0v) is 19.4. The van der Waals surface area contributed by atoms with E-state index in [9.17, 15) is 10.1 Å². The summed E-state index contributed by atoms with van der Waals surface area (Å²) < 4.78 is 13.3. The molecule has 0 radical (unpaired) electrons. The summed E-state index contributed by atoms with van der Waals surface area (Å²) in [5.74, 6) is 1.73. The zero-order chi connectivity index (χ0) is 21.8. The first-order valence-electron chi connectivity index (χ1n) is 9.03. The lowest BCUT2D eigenvalue weighted by Crippen LogP contribution is -2.11. The smallest absolute Gasteiger partial charge is 0.220 e. The third-order valence-corrected chi connectivity index (χ3v) is 6.22. The number of halogens is 1. The van der Waals surface area contributed by atoms with E-state index in [0.717, 1.165) is 16.8 Å². The quantitative estimate of drug-likeness (QED) is 0.254. The Balaban J connectivity index is 2.04. The third-order valence-electron chi connectivity index (χ3n) is 4.45. The van der Waals surface area contributed by atoms with Crippen molar-refractivity contribution in [2.75, 3.05) is 20.8 Å². The van der Waals surface area contributed by atoms with Crippen molar-refractivity contribution in [2.24, 2.45) is 0 Å². The number of nitrogens with zero attached hydrogens (tertiary/aromatic N) is 4. The van der Waals surface area contributed by atoms with E-state index < -0.39 is 5.25 Å². The maximum absolute atomic E-state index is 11.4. The van der Waals surface area contributed by atoms with Gasteiger partial charge in [-0.1, -0.05) is 23.9 Å². The van der Waals surface area contributed by atoms with E-state index in [-0.39, 0.29) is 11.5 Å². The van der Waals surface area contributed by atoms with E-state index in [1.165, 1.54) is 18.9 Å². The van der Waals surface area contributed by atoms with Gasteiger partial charge in [-0.25, -0.2) is 0 Å². The second-order valence-corrected chi connectivity index (χ2v) is 8.59. The van der Waals surface area contributed by atoms with Crippen molar-refractivity contribution in [1.29, 1.82) is 0 Å². The normalized spacial score (nSPS) is 11.9. The molecule has 0 unspecified atom stereocenters. The van der Waals surface area contributed by atoms with Crippen LogP contribution < -0.4 is 9.47 Å². The van der Waals surface area contributed by atoms with Crippen molar-refractivity contribution in [2.45, 2.75) is 24.3 Å². The number of methoxy groups -OCH3 is 2. The Hall–Kier alpha value is -2.59. The number of hydrogen-bond acceptors (Lipinski definition) is 7. The van der Waals surface area contributed by atoms with E-state index in [1.807, 2.05) is 48.7 Å². The molecule has 0 saturated carbocycles. The summed E-state index contributed by atoms with van der Waals surface area (Å²) in [6.45, 7) is 3.58. The van der Waals surface area contributed by atoms with E-state index >= 15 is 0 Å². The highest BCUT2D eigenvalue weighted by Crippen LogP contribution is 2.42. The molecular weight excluding hydrogens is 472 g/mol. The third kappa shape index (κ3) is 4.76. The van der Waals surface area contributed by atoms with Crippen molar-refractivity contribution >= 4 is 27.7 Å². The molecule has 3 rings (SSSR count). The van der Waals surface area contributed by atoms with Crippen molar-refractivity contribution in [3.05, 3.63) is 67.9 Å². The first-order chi connectivity index (χ1) is 14.3. The van der Waals surface area contributed by atoms with Crippen molar-refractivity contribution < 1.29 is 14.4 Å². The van der Waals surface area contributed by atoms with Gasteiger partial charge in [0.2, 0.25) is 6.54 Å². The fourth-order valence-electron chi connectivity index (χ4n) is 3.08. The highest BCUT2D eigenvalue weighted by molar-refractivity contribution is 9.10. The lowest BCUT2D eigenvalue weighted by atomic mass is 10.1. The van der Waals surface area contributed by atoms with Crippen LogP contribution >= 0.6 is 27.7 Å². The van der Waals surface area contributed by atoms with Gasteiger partial charge in [0.05, 0.1) is 18.7 Å². The molecule has 8 nitrogen and oxygen atoms in total. The van der Waals surface area contributed by atoms with Crippen LogP contribution in [0.4, 0.5) is 0 Å². The standard InChI is InChI=1S/C20H21BrN4O4S/c1-12-6-5-7-15(8-12)25-13(2)22-23-20(25)30-18(11-24(26)27)14-9-16(21)19(29-4)17(10-14)28-3/h5-10,18H,11H2,1-4H3/t18-/m1/s1. The zero-order valence-electron chi connectivity index (χ0n) is 17.0. The van der Waals surface area contributed by atoms with Crippen LogP contribution in [0.2, 0.25) is 0 Å². The first-order valence-corrected chi connectivity index (χ1v) is 10.7. The molecule has 2 aromatic carbocycles. The number of rotatable bonds is 8. The van der Waals surface area contributed by atoms with E-state index in [1.54, 1.807) is 13.2 Å². The lowest BCUT2D eigenvalue weighted by molar-refractivity contribution is -0.479. The molecule has 30 heavy (non-hydrogen) atoms. The largest absolute Gasteiger partial charge is 0.493 e. The van der Waals surface area contributed by atoms with Crippen LogP contribution in [0, 0.1) is 24.0 Å². The van der Waals surface area contributed by atoms with Crippen LogP contribution in [0.3, 0.4) is 0 Å². The van der Waals surface area contributed by atoms with Gasteiger partial charge in [0.25, 0.3) is 0 Å². The maximum atomic E-state index is 11.4. The van der Waals surface area contributed by atoms with Gasteiger partial charge in [-0.3, -0.25) is 14.7 Å². The Kier molecular flexibility index (Phi) is 6.99. The molecule has 0 amide bonds. The Morgan fingerprint density at radius 1 is 1.20 bits per heavy atom. The average molecular weight is 493 g/mol. The molecule has 0 fully saturated rings. The summed E-state index contributed by atoms with van der Waals surface area (Å²) in [6, 6.07) is 11.5. The second-order valence-electron chi connectivity index (χ2n) is 6.56. The minimum Gasteiger partial charge on any atom is -0.493 e. The van der Waals surface area contributed by atoms with Crippen LogP contribution in [-0.4, -0.2) is 40.5 Å². The minimum atomic E-state index is -0.511. The number of aromatic nitrogens is 3. The van der Waals surface area contributed by atoms with Gasteiger partial charge in [-0.2, -0.15) is 0 Å². The van der Waals surface area contributed by atoms with Crippen LogP contribution in [0.15, 0.2) is 46.0 Å². The fourth-order valence-corrected chi connectivity index (χ4v) is 4.86. The van der Waals surface area contributed by atoms with Crippen LogP contribution in [-0.2, 0) is 0 Å². The number of hydrogen-bond donors (Lipinski definition) is 0. The monoisotopic (exact) mass is 492 g/mol. The second kappa shape index (κ2) is 9.48. The minimum absolute atomic E-state index is 0.285. The summed E-state index contributed by atoms with van der Waals surface area (Å²) in [5, 5.41) is 20.0. The molecule has 0 aliphatic rings. The van der Waals surface area contributed by atoms with Gasteiger partial charge >= 0.3 is 0 Å². The van der Waals surface area contributed by atoms with Crippen molar-refractivity contribution in [3.63, 3.8) is 0 Å². The van der Waals surface area contributed by atoms with E-state index in [0.29, 0.717) is 27.0 Å². The van der Waals surface area contributed by atoms with Gasteiger partial charge < -0.3 is 9.47 Å². The van der Waals surface area contributed by atoms with Crippen molar-refractivity contribution in [1.82, 2.24) is 14.8 Å². The Bertz CT molecular complexity index is 1070. The van der Waals surface area contributed by atoms with Gasteiger partial charge in [0.15, 0.2) is 16.7 Å². The van der Waals surface area contributed by atoms with Gasteiger partial charge in [-0.15, -0.1) is 10.2 Å². The molecule has 1 heterocycles. The SMILES string of the molecule is COc1cc([C@@H](C[N+](=O)[O-])Sc2nnc(C)n2-c2cccc(C)c2)cc(Br)c1OC. The predicted molar refractivity (Wildman–Crippen MR) is 119 cm³/mol. The molecular formula is C20H21BrN4O4S. The summed E-state index contributed by atoms with van der Waals surface area (Å²) in [5.41, 5.74) is 2.73. The maximum Gasteiger partial charge on any atom is 0.220 e. The molecule has 0 bridgehead atoms. The molecule has 0 aliphatic heterocycles. The molecule has 3 aromatic rings. The topological polar surface area (TPSA) is 92.3 Å². The summed E-state index contributed by atoms with van der Waals surface area (Å²) >= 11 is 4.76. The summed E-state index contributed by atoms with van der Waals surface area (Å²) in [7, 11) is 3.07. The molecule has 0 N–H and O–H groups in total. The van der Waals surface area contributed by atoms with Crippen molar-refractivity contribution in [3.8, 4) is 17.2 Å². The molecule has 0 aliphatic carbocycles. The number of thioether (sulfide) groups is 1. The predicted octanol–water partition coefficient (Wildman–Crippen LogP) is 4.77. The molecule has 10 heteroatoms. The van der Waals surface area contributed by atoms with E-state index in [2.05, 4.69) is 26.1 Å². The van der Waals surface area contributed by atoms with Crippen LogP contribution in [0.25, 0.3) is 5.69 Å². The first kappa shape index (κ1) is 22.1. The summed E-state index contributed by atoms with van der Waals surface area (Å²) in [4.78, 5) is 11.1. The number of aryl methyl sites for hydroxylation is 2. The number of ether oxygens (including phenoxy) is 2. The van der Waals surface area contributed by atoms with E-state index in [4.69, 9.17) is 9.47 Å². The molecule has 0 spiro atoms. The highest BCUT2D eigenvalue weighted by atomic mass is 79.9. The highest BCUT2D eigenvalue weighted by Gasteiger charge is 2.26. The Morgan fingerprint density at radius 3 is 2.60 bits per heavy atom. The fraction of sp³-hybridized carbons (Fsp3) is 0.300. The molecule has 0 saturated heterocycles. The van der Waals surface area contributed by atoms with Gasteiger partial charge in [0.1, 0.15) is 11.1 Å². The lowest BCUT2D eigenvalue weighted by Gasteiger charge is -2.17. The summed E-state index contributed by atoms with van der Waals surface area (Å²) in [6.07, 6.45) is 0. The van der Waals surface area contributed by atoms with Crippen LogP contribution in [0.1, 0.15) is 22.2 Å². The van der Waals surface area contributed by atoms with Gasteiger partial charge in [-0.05, 0) is 65.2 Å². The Morgan fingerprint density at radius 2 is 1.97 bits per heavy atom. The molecule has 1 atom stereocenters. The molecule has 1 aromatic heterocycles. The average Bonchev–Trinajstić information content (AvgIpc) is 3.06. The molecule has 158 valence electrons. The van der Waals surface area contributed by atoms with Crippen LogP contribution in [0.5, 0.6) is 11.5 Å². The Labute approximate surface area is 186 Å².